The summed E-state index contributed by atoms with van der Waals surface area (Å²) in [6.45, 7) is 11.1. The van der Waals surface area contributed by atoms with Gasteiger partial charge in [0.2, 0.25) is 0 Å². The predicted octanol–water partition coefficient (Wildman–Crippen LogP) is 5.97. The van der Waals surface area contributed by atoms with Gasteiger partial charge in [-0.25, -0.2) is 0 Å². The molecule has 0 heterocycles. The van der Waals surface area contributed by atoms with E-state index in [1.807, 2.05) is 41.5 Å². The maximum Gasteiger partial charge on any atom is 0.416 e. The summed E-state index contributed by atoms with van der Waals surface area (Å²) < 4.78 is 51.5. The first-order valence-corrected chi connectivity index (χ1v) is 8.70. The Morgan fingerprint density at radius 3 is 1.86 bits per heavy atom. The normalized spacial score (nSPS) is 13.5. The Bertz CT molecular complexity index is 631. The van der Waals surface area contributed by atoms with Crippen molar-refractivity contribution in [2.45, 2.75) is 58.0 Å². The van der Waals surface area contributed by atoms with Gasteiger partial charge in [-0.1, -0.05) is 53.5 Å². The van der Waals surface area contributed by atoms with E-state index in [-0.39, 0.29) is 5.56 Å². The summed E-state index contributed by atoms with van der Waals surface area (Å²) in [6, 6.07) is 4.80. The van der Waals surface area contributed by atoms with Crippen LogP contribution in [0.1, 0.15) is 52.7 Å². The highest BCUT2D eigenvalue weighted by Gasteiger charge is 2.45. The molecule has 0 amide bonds. The van der Waals surface area contributed by atoms with E-state index in [0.717, 1.165) is 12.1 Å². The Morgan fingerprint density at radius 1 is 0.955 bits per heavy atom. The molecule has 0 atom stereocenters. The van der Waals surface area contributed by atoms with E-state index in [0.29, 0.717) is 0 Å². The fraction of sp³-hybridized carbons (Fsp3) is 0.529. The summed E-state index contributed by atoms with van der Waals surface area (Å²) in [6.07, 6.45) is -4.41. The van der Waals surface area contributed by atoms with E-state index in [4.69, 9.17) is 0 Å². The molecule has 0 saturated carbocycles. The van der Waals surface area contributed by atoms with Gasteiger partial charge in [0, 0.05) is 15.9 Å². The molecular weight excluding hydrogens is 308 g/mol. The molecular formula is C17H22F3OP. The number of rotatable bonds is 0. The van der Waals surface area contributed by atoms with Crippen LogP contribution in [0.4, 0.5) is 13.2 Å². The lowest BCUT2D eigenvalue weighted by Gasteiger charge is -2.37. The second-order valence-corrected chi connectivity index (χ2v) is 11.4. The highest BCUT2D eigenvalue weighted by molar-refractivity contribution is 7.71. The molecule has 0 saturated heterocycles. The van der Waals surface area contributed by atoms with Crippen molar-refractivity contribution in [1.29, 1.82) is 0 Å². The quantitative estimate of drug-likeness (QED) is 0.423. The van der Waals surface area contributed by atoms with Crippen LogP contribution in [0.3, 0.4) is 0 Å². The highest BCUT2D eigenvalue weighted by atomic mass is 31.2. The van der Waals surface area contributed by atoms with Crippen molar-refractivity contribution in [3.05, 3.63) is 35.4 Å². The van der Waals surface area contributed by atoms with Gasteiger partial charge in [-0.3, -0.25) is 0 Å². The zero-order valence-corrected chi connectivity index (χ0v) is 14.7. The van der Waals surface area contributed by atoms with Crippen molar-refractivity contribution in [1.82, 2.24) is 0 Å². The van der Waals surface area contributed by atoms with Crippen LogP contribution >= 0.6 is 7.14 Å². The topological polar surface area (TPSA) is 17.1 Å². The van der Waals surface area contributed by atoms with Crippen LogP contribution in [-0.4, -0.2) is 10.3 Å². The lowest BCUT2D eigenvalue weighted by Crippen LogP contribution is -2.27. The molecule has 1 aromatic carbocycles. The second-order valence-electron chi connectivity index (χ2n) is 7.27. The molecule has 0 aliphatic rings. The van der Waals surface area contributed by atoms with Gasteiger partial charge in [0.1, 0.15) is 0 Å². The fourth-order valence-electron chi connectivity index (χ4n) is 2.26. The van der Waals surface area contributed by atoms with Gasteiger partial charge < -0.3 is 4.57 Å². The first-order valence-electron chi connectivity index (χ1n) is 6.99. The Labute approximate surface area is 130 Å². The Balaban J connectivity index is 3.36. The van der Waals surface area contributed by atoms with Gasteiger partial charge in [0.05, 0.1) is 5.56 Å². The smallest absolute Gasteiger partial charge is 0.309 e. The zero-order valence-electron chi connectivity index (χ0n) is 13.8. The Hall–Kier alpha value is -1.20. The molecule has 0 aliphatic carbocycles. The van der Waals surface area contributed by atoms with Crippen LogP contribution in [0.15, 0.2) is 24.3 Å². The van der Waals surface area contributed by atoms with Crippen molar-refractivity contribution in [2.24, 2.45) is 0 Å². The second kappa shape index (κ2) is 5.78. The standard InChI is InChI=1S/C17H22F3OP/c1-15(2,3)22(21,16(4,5)6)11-10-13-8-7-9-14(12-13)17(18,19)20/h7-9,12H,1-6H3. The third-order valence-corrected chi connectivity index (χ3v) is 7.64. The van der Waals surface area contributed by atoms with Crippen LogP contribution in [0.25, 0.3) is 0 Å². The molecule has 22 heavy (non-hydrogen) atoms. The van der Waals surface area contributed by atoms with Crippen LogP contribution in [-0.2, 0) is 10.7 Å². The molecule has 0 fully saturated rings. The maximum atomic E-state index is 13.3. The van der Waals surface area contributed by atoms with Crippen LogP contribution < -0.4 is 0 Å². The molecule has 1 nitrogen and oxygen atoms in total. The summed E-state index contributed by atoms with van der Waals surface area (Å²) in [5.41, 5.74) is 2.29. The monoisotopic (exact) mass is 330 g/mol. The van der Waals surface area contributed by atoms with Gasteiger partial charge in [0.15, 0.2) is 7.14 Å². The minimum Gasteiger partial charge on any atom is -0.309 e. The van der Waals surface area contributed by atoms with Crippen molar-refractivity contribution in [3.63, 3.8) is 0 Å². The fourth-order valence-corrected chi connectivity index (χ4v) is 5.23. The zero-order chi connectivity index (χ0) is 17.4. The molecule has 0 spiro atoms. The van der Waals surface area contributed by atoms with Gasteiger partial charge in [-0.2, -0.15) is 13.2 Å². The third-order valence-electron chi connectivity index (χ3n) is 3.44. The van der Waals surface area contributed by atoms with Crippen molar-refractivity contribution >= 4 is 7.14 Å². The average molecular weight is 330 g/mol. The molecule has 0 bridgehead atoms. The number of hydrogen-bond acceptors (Lipinski definition) is 1. The maximum absolute atomic E-state index is 13.3. The Kier molecular flexibility index (Phi) is 4.95. The van der Waals surface area contributed by atoms with Crippen molar-refractivity contribution in [2.75, 3.05) is 0 Å². The highest BCUT2D eigenvalue weighted by Crippen LogP contribution is 2.66. The Morgan fingerprint density at radius 2 is 1.45 bits per heavy atom. The van der Waals surface area contributed by atoms with Crippen molar-refractivity contribution in [3.8, 4) is 11.6 Å². The summed E-state index contributed by atoms with van der Waals surface area (Å²) in [5, 5.41) is -1.08. The van der Waals surface area contributed by atoms with E-state index in [2.05, 4.69) is 11.6 Å². The summed E-state index contributed by atoms with van der Waals surface area (Å²) in [5.74, 6) is 2.70. The van der Waals surface area contributed by atoms with E-state index < -0.39 is 29.2 Å². The van der Waals surface area contributed by atoms with E-state index in [1.165, 1.54) is 12.1 Å². The lowest BCUT2D eigenvalue weighted by molar-refractivity contribution is -0.137. The van der Waals surface area contributed by atoms with Crippen LogP contribution in [0.2, 0.25) is 0 Å². The minimum atomic E-state index is -4.41. The van der Waals surface area contributed by atoms with Crippen molar-refractivity contribution < 1.29 is 17.7 Å². The first-order chi connectivity index (χ1) is 9.68. The number of hydrogen-bond donors (Lipinski definition) is 0. The molecule has 1 rings (SSSR count). The third kappa shape index (κ3) is 3.96. The van der Waals surface area contributed by atoms with Crippen LogP contribution in [0, 0.1) is 11.6 Å². The van der Waals surface area contributed by atoms with Gasteiger partial charge in [-0.15, -0.1) is 0 Å². The lowest BCUT2D eigenvalue weighted by atomic mass is 10.1. The number of benzene rings is 1. The first kappa shape index (κ1) is 18.8. The molecule has 0 N–H and O–H groups in total. The summed E-state index contributed by atoms with van der Waals surface area (Å²) in [7, 11) is -2.95. The van der Waals surface area contributed by atoms with Gasteiger partial charge in [0.25, 0.3) is 0 Å². The molecule has 0 radical (unpaired) electrons. The largest absolute Gasteiger partial charge is 0.416 e. The van der Waals surface area contributed by atoms with Gasteiger partial charge >= 0.3 is 6.18 Å². The molecule has 0 unspecified atom stereocenters. The number of alkyl halides is 3. The summed E-state index contributed by atoms with van der Waals surface area (Å²) in [4.78, 5) is 0. The van der Waals surface area contributed by atoms with Gasteiger partial charge in [-0.05, 0) is 23.9 Å². The molecule has 0 aromatic heterocycles. The molecule has 122 valence electrons. The summed E-state index contributed by atoms with van der Waals surface area (Å²) >= 11 is 0. The SMILES string of the molecule is CC(C)(C)P(=O)(C#Cc1cccc(C(F)(F)F)c1)C(C)(C)C. The molecule has 0 aliphatic heterocycles. The van der Waals surface area contributed by atoms with E-state index >= 15 is 0 Å². The molecule has 1 aromatic rings. The predicted molar refractivity (Wildman–Crippen MR) is 85.4 cm³/mol. The van der Waals surface area contributed by atoms with Crippen LogP contribution in [0.5, 0.6) is 0 Å². The van der Waals surface area contributed by atoms with E-state index in [9.17, 15) is 17.7 Å². The minimum absolute atomic E-state index is 0.226. The van der Waals surface area contributed by atoms with E-state index in [1.54, 1.807) is 0 Å². The molecule has 5 heteroatoms. The number of halogens is 3. The average Bonchev–Trinajstić information content (AvgIpc) is 2.32.